The third-order valence-electron chi connectivity index (χ3n) is 3.10. The van der Waals surface area contributed by atoms with E-state index in [1.807, 2.05) is 25.1 Å². The summed E-state index contributed by atoms with van der Waals surface area (Å²) in [5.41, 5.74) is 1.38. The largest absolute Gasteiger partial charge is 0.493 e. The molecule has 1 amide bonds. The predicted molar refractivity (Wildman–Crippen MR) is 86.8 cm³/mol. The van der Waals surface area contributed by atoms with Gasteiger partial charge in [-0.25, -0.2) is 0 Å². The second-order valence-electron chi connectivity index (χ2n) is 4.58. The van der Waals surface area contributed by atoms with Crippen molar-refractivity contribution in [3.8, 4) is 11.5 Å². The molecule has 0 aliphatic rings. The molecule has 5 heteroatoms. The highest BCUT2D eigenvalue weighted by atomic mass is 35.5. The Morgan fingerprint density at radius 2 is 1.95 bits per heavy atom. The number of rotatable bonds is 6. The number of methoxy groups -OCH3 is 1. The normalized spacial score (nSPS) is 10.1. The zero-order chi connectivity index (χ0) is 15.9. The van der Waals surface area contributed by atoms with Gasteiger partial charge in [-0.15, -0.1) is 0 Å². The minimum atomic E-state index is -0.209. The van der Waals surface area contributed by atoms with Crippen LogP contribution in [0.4, 0.5) is 0 Å². The SMILES string of the molecule is CCOc1cc(CNC(=O)c2ccccc2Cl)ccc1OC. The predicted octanol–water partition coefficient (Wildman–Crippen LogP) is 3.68. The standard InChI is InChI=1S/C17H18ClNO3/c1-3-22-16-10-12(8-9-15(16)21-2)11-19-17(20)13-6-4-5-7-14(13)18/h4-10H,3,11H2,1-2H3,(H,19,20). The Balaban J connectivity index is 2.07. The van der Waals surface area contributed by atoms with Crippen LogP contribution < -0.4 is 14.8 Å². The number of hydrogen-bond acceptors (Lipinski definition) is 3. The molecular weight excluding hydrogens is 302 g/mol. The summed E-state index contributed by atoms with van der Waals surface area (Å²) in [6.45, 7) is 2.84. The van der Waals surface area contributed by atoms with Crippen molar-refractivity contribution in [1.29, 1.82) is 0 Å². The molecule has 0 saturated heterocycles. The monoisotopic (exact) mass is 319 g/mol. The lowest BCUT2D eigenvalue weighted by molar-refractivity contribution is 0.0951. The van der Waals surface area contributed by atoms with Crippen LogP contribution in [-0.4, -0.2) is 19.6 Å². The summed E-state index contributed by atoms with van der Waals surface area (Å²) in [7, 11) is 1.59. The van der Waals surface area contributed by atoms with Gasteiger partial charge in [-0.1, -0.05) is 29.8 Å². The molecule has 116 valence electrons. The average Bonchev–Trinajstić information content (AvgIpc) is 2.53. The summed E-state index contributed by atoms with van der Waals surface area (Å²) in [4.78, 5) is 12.1. The number of benzene rings is 2. The fourth-order valence-corrected chi connectivity index (χ4v) is 2.24. The van der Waals surface area contributed by atoms with Crippen molar-refractivity contribution < 1.29 is 14.3 Å². The van der Waals surface area contributed by atoms with E-state index in [0.29, 0.717) is 35.2 Å². The lowest BCUT2D eigenvalue weighted by Gasteiger charge is -2.12. The van der Waals surface area contributed by atoms with Gasteiger partial charge in [0.1, 0.15) is 0 Å². The Morgan fingerprint density at radius 3 is 2.64 bits per heavy atom. The van der Waals surface area contributed by atoms with Crippen molar-refractivity contribution in [2.75, 3.05) is 13.7 Å². The first kappa shape index (κ1) is 16.2. The fourth-order valence-electron chi connectivity index (χ4n) is 2.02. The number of carbonyl (C=O) groups is 1. The molecule has 0 spiro atoms. The van der Waals surface area contributed by atoms with E-state index in [4.69, 9.17) is 21.1 Å². The molecule has 2 aromatic carbocycles. The topological polar surface area (TPSA) is 47.6 Å². The van der Waals surface area contributed by atoms with E-state index in [1.54, 1.807) is 31.4 Å². The van der Waals surface area contributed by atoms with Crippen LogP contribution in [0.2, 0.25) is 5.02 Å². The smallest absolute Gasteiger partial charge is 0.253 e. The molecule has 0 atom stereocenters. The summed E-state index contributed by atoms with van der Waals surface area (Å²) in [5.74, 6) is 1.12. The fraction of sp³-hybridized carbons (Fsp3) is 0.235. The van der Waals surface area contributed by atoms with Gasteiger partial charge in [-0.2, -0.15) is 0 Å². The second-order valence-corrected chi connectivity index (χ2v) is 4.99. The number of amides is 1. The first-order valence-electron chi connectivity index (χ1n) is 6.98. The van der Waals surface area contributed by atoms with Crippen LogP contribution in [0.25, 0.3) is 0 Å². The quantitative estimate of drug-likeness (QED) is 0.883. The van der Waals surface area contributed by atoms with Gasteiger partial charge in [0.05, 0.1) is 24.3 Å². The van der Waals surface area contributed by atoms with Crippen LogP contribution in [0.1, 0.15) is 22.8 Å². The van der Waals surface area contributed by atoms with Crippen LogP contribution >= 0.6 is 11.6 Å². The highest BCUT2D eigenvalue weighted by Gasteiger charge is 2.10. The van der Waals surface area contributed by atoms with Crippen molar-refractivity contribution >= 4 is 17.5 Å². The van der Waals surface area contributed by atoms with Gasteiger partial charge in [0.2, 0.25) is 0 Å². The molecule has 0 unspecified atom stereocenters. The Morgan fingerprint density at radius 1 is 1.18 bits per heavy atom. The summed E-state index contributed by atoms with van der Waals surface area (Å²) < 4.78 is 10.8. The highest BCUT2D eigenvalue weighted by Crippen LogP contribution is 2.28. The van der Waals surface area contributed by atoms with Gasteiger partial charge in [-0.05, 0) is 36.8 Å². The summed E-state index contributed by atoms with van der Waals surface area (Å²) in [5, 5.41) is 3.28. The molecule has 0 bridgehead atoms. The first-order chi connectivity index (χ1) is 10.7. The zero-order valence-electron chi connectivity index (χ0n) is 12.6. The molecule has 2 rings (SSSR count). The lowest BCUT2D eigenvalue weighted by Crippen LogP contribution is -2.23. The zero-order valence-corrected chi connectivity index (χ0v) is 13.3. The Kier molecular flexibility index (Phi) is 5.67. The minimum Gasteiger partial charge on any atom is -0.493 e. The molecule has 0 fully saturated rings. The second kappa shape index (κ2) is 7.71. The lowest BCUT2D eigenvalue weighted by atomic mass is 10.1. The number of hydrogen-bond donors (Lipinski definition) is 1. The molecule has 1 N–H and O–H groups in total. The van der Waals surface area contributed by atoms with Crippen LogP contribution in [0.5, 0.6) is 11.5 Å². The van der Waals surface area contributed by atoms with Gasteiger partial charge in [-0.3, -0.25) is 4.79 Å². The van der Waals surface area contributed by atoms with Gasteiger partial charge in [0.25, 0.3) is 5.91 Å². The van der Waals surface area contributed by atoms with Gasteiger partial charge >= 0.3 is 0 Å². The molecule has 22 heavy (non-hydrogen) atoms. The van der Waals surface area contributed by atoms with E-state index < -0.39 is 0 Å². The van der Waals surface area contributed by atoms with Gasteiger partial charge < -0.3 is 14.8 Å². The van der Waals surface area contributed by atoms with Crippen molar-refractivity contribution in [2.24, 2.45) is 0 Å². The maximum absolute atomic E-state index is 12.1. The van der Waals surface area contributed by atoms with E-state index >= 15 is 0 Å². The third kappa shape index (κ3) is 3.92. The molecule has 0 radical (unpaired) electrons. The van der Waals surface area contributed by atoms with Crippen molar-refractivity contribution in [3.63, 3.8) is 0 Å². The summed E-state index contributed by atoms with van der Waals surface area (Å²) >= 11 is 6.01. The number of ether oxygens (including phenoxy) is 2. The average molecular weight is 320 g/mol. The van der Waals surface area contributed by atoms with Gasteiger partial charge in [0.15, 0.2) is 11.5 Å². The van der Waals surface area contributed by atoms with Crippen LogP contribution in [0.15, 0.2) is 42.5 Å². The van der Waals surface area contributed by atoms with Crippen LogP contribution in [-0.2, 0) is 6.54 Å². The van der Waals surface area contributed by atoms with Crippen molar-refractivity contribution in [1.82, 2.24) is 5.32 Å². The van der Waals surface area contributed by atoms with E-state index in [9.17, 15) is 4.79 Å². The first-order valence-corrected chi connectivity index (χ1v) is 7.36. The Bertz CT molecular complexity index is 658. The molecular formula is C17H18ClNO3. The Labute approximate surface area is 135 Å². The van der Waals surface area contributed by atoms with E-state index in [1.165, 1.54) is 0 Å². The minimum absolute atomic E-state index is 0.209. The van der Waals surface area contributed by atoms with Crippen molar-refractivity contribution in [2.45, 2.75) is 13.5 Å². The highest BCUT2D eigenvalue weighted by molar-refractivity contribution is 6.33. The Hall–Kier alpha value is -2.20. The molecule has 0 heterocycles. The third-order valence-corrected chi connectivity index (χ3v) is 3.43. The summed E-state index contributed by atoms with van der Waals surface area (Å²) in [6, 6.07) is 12.5. The summed E-state index contributed by atoms with van der Waals surface area (Å²) in [6.07, 6.45) is 0. The molecule has 0 aliphatic heterocycles. The number of halogens is 1. The molecule has 0 saturated carbocycles. The molecule has 0 aromatic heterocycles. The van der Waals surface area contributed by atoms with E-state index in [0.717, 1.165) is 5.56 Å². The van der Waals surface area contributed by atoms with Crippen LogP contribution in [0.3, 0.4) is 0 Å². The molecule has 4 nitrogen and oxygen atoms in total. The van der Waals surface area contributed by atoms with E-state index in [2.05, 4.69) is 5.32 Å². The van der Waals surface area contributed by atoms with E-state index in [-0.39, 0.29) is 5.91 Å². The molecule has 0 aliphatic carbocycles. The number of carbonyl (C=O) groups excluding carboxylic acids is 1. The maximum Gasteiger partial charge on any atom is 0.253 e. The number of nitrogens with one attached hydrogen (secondary N) is 1. The van der Waals surface area contributed by atoms with Crippen LogP contribution in [0, 0.1) is 0 Å². The molecule has 2 aromatic rings. The van der Waals surface area contributed by atoms with Gasteiger partial charge in [0, 0.05) is 6.54 Å². The maximum atomic E-state index is 12.1. The van der Waals surface area contributed by atoms with Crippen molar-refractivity contribution in [3.05, 3.63) is 58.6 Å².